The fourth-order valence-corrected chi connectivity index (χ4v) is 2.06. The van der Waals surface area contributed by atoms with Crippen LogP contribution in [0.2, 0.25) is 0 Å². The van der Waals surface area contributed by atoms with E-state index in [4.69, 9.17) is 4.55 Å². The molecule has 0 atom stereocenters. The molecule has 86 valence electrons. The van der Waals surface area contributed by atoms with Crippen molar-refractivity contribution < 1.29 is 23.2 Å². The maximum atomic E-state index is 10.9. The van der Waals surface area contributed by atoms with Gasteiger partial charge >= 0.3 is 29.6 Å². The van der Waals surface area contributed by atoms with Crippen molar-refractivity contribution in [3.63, 3.8) is 0 Å². The van der Waals surface area contributed by atoms with Gasteiger partial charge in [-0.15, -0.1) is 0 Å². The molecule has 0 heterocycles. The van der Waals surface area contributed by atoms with Gasteiger partial charge in [-0.3, -0.25) is 4.55 Å². The van der Waals surface area contributed by atoms with Crippen molar-refractivity contribution in [2.75, 3.05) is 0 Å². The van der Waals surface area contributed by atoms with Crippen LogP contribution in [0.3, 0.4) is 0 Å². The van der Waals surface area contributed by atoms with E-state index in [2.05, 4.69) is 0 Å². The molecule has 2 rings (SSSR count). The average molecular weight is 264 g/mol. The Morgan fingerprint density at radius 3 is 2.18 bits per heavy atom. The summed E-state index contributed by atoms with van der Waals surface area (Å²) in [4.78, 5) is -0.550. The first-order chi connectivity index (χ1) is 7.38. The Morgan fingerprint density at radius 1 is 0.941 bits per heavy atom. The third-order valence-electron chi connectivity index (χ3n) is 2.18. The molecule has 0 unspecified atom stereocenters. The molecule has 0 fully saturated rings. The number of phenolic OH excluding ortho intramolecular Hbond substituents is 2. The minimum atomic E-state index is -4.45. The number of hydrogen-bond donors (Lipinski definition) is 3. The molecule has 0 radical (unpaired) electrons. The van der Waals surface area contributed by atoms with Crippen molar-refractivity contribution >= 4 is 50.4 Å². The second-order valence-electron chi connectivity index (χ2n) is 3.33. The monoisotopic (exact) mass is 264 g/mol. The Morgan fingerprint density at radius 2 is 1.59 bits per heavy atom. The van der Waals surface area contributed by atoms with Crippen LogP contribution in [-0.4, -0.2) is 52.7 Å². The number of aromatic hydroxyl groups is 2. The van der Waals surface area contributed by atoms with Gasteiger partial charge in [0.05, 0.1) is 0 Å². The van der Waals surface area contributed by atoms with E-state index in [-0.39, 0.29) is 35.3 Å². The molecule has 3 N–H and O–H groups in total. The summed E-state index contributed by atoms with van der Waals surface area (Å²) in [6, 6.07) is 6.55. The summed E-state index contributed by atoms with van der Waals surface area (Å²) >= 11 is 0. The summed E-state index contributed by atoms with van der Waals surface area (Å²) in [6.45, 7) is 0. The van der Waals surface area contributed by atoms with E-state index in [1.165, 1.54) is 18.2 Å². The summed E-state index contributed by atoms with van der Waals surface area (Å²) in [7, 11) is -4.45. The summed E-state index contributed by atoms with van der Waals surface area (Å²) in [5.74, 6) is -0.549. The molecule has 2 aromatic carbocycles. The van der Waals surface area contributed by atoms with Crippen LogP contribution in [0.15, 0.2) is 35.2 Å². The quantitative estimate of drug-likeness (QED) is 0.524. The Kier molecular flexibility index (Phi) is 4.06. The van der Waals surface area contributed by atoms with Crippen molar-refractivity contribution in [2.45, 2.75) is 4.90 Å². The van der Waals surface area contributed by atoms with Crippen molar-refractivity contribution in [1.29, 1.82) is 0 Å². The number of fused-ring (bicyclic) bond motifs is 1. The van der Waals surface area contributed by atoms with Crippen LogP contribution in [0.1, 0.15) is 0 Å². The standard InChI is InChI=1S/C10H8O5S.Na.H/c11-8-2-1-6-5-10(16(13,14)15)9(12)4-7(6)3-8;;/h1-5,11-12H,(H,13,14,15);;. The molecule has 0 saturated carbocycles. The first-order valence-corrected chi connectivity index (χ1v) is 5.75. The first-order valence-electron chi connectivity index (χ1n) is 4.31. The molecule has 0 bridgehead atoms. The molecule has 0 amide bonds. The zero-order valence-corrected chi connectivity index (χ0v) is 8.77. The van der Waals surface area contributed by atoms with E-state index in [1.54, 1.807) is 0 Å². The van der Waals surface area contributed by atoms with Gasteiger partial charge in [-0.1, -0.05) is 6.07 Å². The van der Waals surface area contributed by atoms with Crippen LogP contribution in [-0.2, 0) is 10.1 Å². The van der Waals surface area contributed by atoms with Gasteiger partial charge in [0.25, 0.3) is 10.1 Å². The zero-order valence-electron chi connectivity index (χ0n) is 7.95. The van der Waals surface area contributed by atoms with Gasteiger partial charge in [0.1, 0.15) is 16.4 Å². The van der Waals surface area contributed by atoms with Crippen LogP contribution < -0.4 is 0 Å². The van der Waals surface area contributed by atoms with Crippen molar-refractivity contribution in [3.05, 3.63) is 30.3 Å². The average Bonchev–Trinajstić information content (AvgIpc) is 2.14. The molecule has 2 aromatic rings. The van der Waals surface area contributed by atoms with Gasteiger partial charge in [0.15, 0.2) is 0 Å². The SMILES string of the molecule is O=S(=O)(O)c1cc2ccc(O)cc2cc1O.[NaH]. The molecule has 0 aliphatic carbocycles. The topological polar surface area (TPSA) is 94.8 Å². The summed E-state index contributed by atoms with van der Waals surface area (Å²) in [5, 5.41) is 19.6. The number of hydrogen-bond acceptors (Lipinski definition) is 4. The number of benzene rings is 2. The van der Waals surface area contributed by atoms with E-state index in [1.807, 2.05) is 0 Å². The van der Waals surface area contributed by atoms with Gasteiger partial charge in [-0.2, -0.15) is 8.42 Å². The van der Waals surface area contributed by atoms with Crippen LogP contribution >= 0.6 is 0 Å². The van der Waals surface area contributed by atoms with Crippen molar-refractivity contribution in [2.24, 2.45) is 0 Å². The minimum absolute atomic E-state index is 0. The molecule has 0 aliphatic rings. The Labute approximate surface area is 120 Å². The number of rotatable bonds is 1. The van der Waals surface area contributed by atoms with Crippen molar-refractivity contribution in [1.82, 2.24) is 0 Å². The second kappa shape index (κ2) is 4.83. The van der Waals surface area contributed by atoms with E-state index >= 15 is 0 Å². The summed E-state index contributed by atoms with van der Waals surface area (Å²) in [5.41, 5.74) is 0. The second-order valence-corrected chi connectivity index (χ2v) is 4.72. The van der Waals surface area contributed by atoms with Crippen LogP contribution in [0.25, 0.3) is 10.8 Å². The Bertz CT molecular complexity index is 666. The molecule has 0 aromatic heterocycles. The van der Waals surface area contributed by atoms with Crippen LogP contribution in [0, 0.1) is 0 Å². The predicted molar refractivity (Wildman–Crippen MR) is 64.2 cm³/mol. The Balaban J connectivity index is 0.00000144. The van der Waals surface area contributed by atoms with E-state index in [9.17, 15) is 18.6 Å². The molecule has 0 aliphatic heterocycles. The number of phenols is 2. The van der Waals surface area contributed by atoms with Gasteiger partial charge in [-0.25, -0.2) is 0 Å². The van der Waals surface area contributed by atoms with Gasteiger partial charge < -0.3 is 10.2 Å². The summed E-state index contributed by atoms with van der Waals surface area (Å²) < 4.78 is 30.7. The third kappa shape index (κ3) is 2.91. The van der Waals surface area contributed by atoms with Gasteiger partial charge in [0, 0.05) is 0 Å². The zero-order chi connectivity index (χ0) is 11.9. The molecule has 0 saturated heterocycles. The molecular weight excluding hydrogens is 255 g/mol. The van der Waals surface area contributed by atoms with E-state index in [0.717, 1.165) is 12.1 Å². The first kappa shape index (κ1) is 14.3. The van der Waals surface area contributed by atoms with E-state index in [0.29, 0.717) is 10.8 Å². The molecule has 0 spiro atoms. The fraction of sp³-hybridized carbons (Fsp3) is 0. The maximum absolute atomic E-state index is 10.9. The van der Waals surface area contributed by atoms with Crippen molar-refractivity contribution in [3.8, 4) is 11.5 Å². The summed E-state index contributed by atoms with van der Waals surface area (Å²) in [6.07, 6.45) is 0. The third-order valence-corrected chi connectivity index (χ3v) is 3.06. The predicted octanol–water partition coefficient (Wildman–Crippen LogP) is 0.849. The Hall–Kier alpha value is -0.790. The molecule has 17 heavy (non-hydrogen) atoms. The fourth-order valence-electron chi connectivity index (χ4n) is 1.46. The van der Waals surface area contributed by atoms with E-state index < -0.39 is 20.8 Å². The molecule has 5 nitrogen and oxygen atoms in total. The molecular formula is C10H9NaO5S. The normalized spacial score (nSPS) is 11.1. The van der Waals surface area contributed by atoms with Crippen LogP contribution in [0.5, 0.6) is 11.5 Å². The van der Waals surface area contributed by atoms with Gasteiger partial charge in [-0.05, 0) is 35.0 Å². The van der Waals surface area contributed by atoms with Crippen LogP contribution in [0.4, 0.5) is 0 Å². The molecule has 7 heteroatoms. The van der Waals surface area contributed by atoms with Gasteiger partial charge in [0.2, 0.25) is 0 Å².